The molecule has 0 amide bonds. The van der Waals surface area contributed by atoms with Crippen molar-refractivity contribution in [2.45, 2.75) is 50.9 Å². The van der Waals surface area contributed by atoms with Crippen LogP contribution in [0.15, 0.2) is 85.1 Å². The van der Waals surface area contributed by atoms with Crippen molar-refractivity contribution in [1.82, 2.24) is 4.98 Å². The lowest BCUT2D eigenvalue weighted by Crippen LogP contribution is -2.13. The number of para-hydroxylation sites is 1. The molecule has 0 spiro atoms. The van der Waals surface area contributed by atoms with Gasteiger partial charge in [-0.1, -0.05) is 61.5 Å². The molecule has 3 heteroatoms. The molecule has 1 N–H and O–H groups in total. The Labute approximate surface area is 189 Å². The van der Waals surface area contributed by atoms with Crippen LogP contribution in [0.3, 0.4) is 0 Å². The third-order valence-corrected chi connectivity index (χ3v) is 6.53. The maximum atomic E-state index is 13.1. The molecule has 4 aromatic rings. The van der Waals surface area contributed by atoms with Crippen LogP contribution in [-0.4, -0.2) is 10.1 Å². The van der Waals surface area contributed by atoms with Gasteiger partial charge in [0, 0.05) is 17.5 Å². The van der Waals surface area contributed by atoms with Crippen molar-refractivity contribution < 1.29 is 9.50 Å². The molecule has 5 rings (SSSR count). The Bertz CT molecular complexity index is 1140. The largest absolute Gasteiger partial charge is 0.508 e. The van der Waals surface area contributed by atoms with Gasteiger partial charge in [-0.05, 0) is 78.8 Å². The quantitative estimate of drug-likeness (QED) is 0.362. The van der Waals surface area contributed by atoms with Crippen LogP contribution in [0.25, 0.3) is 10.8 Å². The molecule has 0 atom stereocenters. The summed E-state index contributed by atoms with van der Waals surface area (Å²) in [5, 5.41) is 11.7. The molecule has 164 valence electrons. The number of aryl methyl sites for hydroxylation is 1. The van der Waals surface area contributed by atoms with Gasteiger partial charge in [-0.15, -0.1) is 0 Å². The fourth-order valence-corrected chi connectivity index (χ4v) is 4.71. The Morgan fingerprint density at radius 2 is 1.47 bits per heavy atom. The number of benzene rings is 3. The van der Waals surface area contributed by atoms with Crippen molar-refractivity contribution in [3.8, 4) is 5.75 Å². The molecule has 0 saturated heterocycles. The molecule has 32 heavy (non-hydrogen) atoms. The molecule has 0 radical (unpaired) electrons. The molecule has 1 saturated carbocycles. The Morgan fingerprint density at radius 1 is 0.812 bits per heavy atom. The van der Waals surface area contributed by atoms with Crippen molar-refractivity contribution in [3.05, 3.63) is 108 Å². The van der Waals surface area contributed by atoms with E-state index in [1.165, 1.54) is 22.0 Å². The zero-order valence-electron chi connectivity index (χ0n) is 18.5. The first kappa shape index (κ1) is 22.0. The van der Waals surface area contributed by atoms with Crippen LogP contribution in [0.1, 0.15) is 61.3 Å². The van der Waals surface area contributed by atoms with Crippen LogP contribution in [0.2, 0.25) is 0 Å². The zero-order chi connectivity index (χ0) is 22.3. The van der Waals surface area contributed by atoms with Crippen LogP contribution < -0.4 is 0 Å². The topological polar surface area (TPSA) is 33.1 Å². The second-order valence-electron chi connectivity index (χ2n) is 8.50. The molecule has 1 aliphatic rings. The van der Waals surface area contributed by atoms with Gasteiger partial charge in [0.15, 0.2) is 0 Å². The molecular formula is C29H30FNO. The van der Waals surface area contributed by atoms with Gasteiger partial charge in [0.25, 0.3) is 0 Å². The number of hydrogen-bond donors (Lipinski definition) is 1. The highest BCUT2D eigenvalue weighted by Crippen LogP contribution is 2.41. The van der Waals surface area contributed by atoms with E-state index in [1.54, 1.807) is 18.2 Å². The molecule has 3 aromatic carbocycles. The van der Waals surface area contributed by atoms with E-state index in [-0.39, 0.29) is 5.82 Å². The molecule has 1 fully saturated rings. The summed E-state index contributed by atoms with van der Waals surface area (Å²) in [6, 6.07) is 25.0. The van der Waals surface area contributed by atoms with Crippen LogP contribution in [0, 0.1) is 5.82 Å². The molecule has 0 unspecified atom stereocenters. The first-order chi connectivity index (χ1) is 15.7. The Morgan fingerprint density at radius 3 is 2.16 bits per heavy atom. The fourth-order valence-electron chi connectivity index (χ4n) is 4.71. The number of halogens is 1. The Balaban J connectivity index is 0.000000230. The molecule has 1 aromatic heterocycles. The van der Waals surface area contributed by atoms with Gasteiger partial charge in [-0.25, -0.2) is 4.39 Å². The van der Waals surface area contributed by atoms with Gasteiger partial charge in [-0.2, -0.15) is 0 Å². The maximum Gasteiger partial charge on any atom is 0.123 e. The molecule has 2 nitrogen and oxygen atoms in total. The maximum absolute atomic E-state index is 13.1. The predicted octanol–water partition coefficient (Wildman–Crippen LogP) is 7.77. The van der Waals surface area contributed by atoms with Gasteiger partial charge in [0.1, 0.15) is 11.6 Å². The first-order valence-electron chi connectivity index (χ1n) is 11.5. The molecule has 1 aliphatic carbocycles. The Hall–Kier alpha value is -3.20. The summed E-state index contributed by atoms with van der Waals surface area (Å²) < 4.78 is 13.1. The summed E-state index contributed by atoms with van der Waals surface area (Å²) in [7, 11) is 0. The molecule has 0 aliphatic heterocycles. The minimum atomic E-state index is -0.151. The number of hydrogen-bond acceptors (Lipinski definition) is 2. The number of nitrogens with zero attached hydrogens (tertiary/aromatic N) is 1. The fraction of sp³-hybridized carbons (Fsp3) is 0.276. The van der Waals surface area contributed by atoms with Gasteiger partial charge in [0.05, 0.1) is 5.69 Å². The average molecular weight is 428 g/mol. The second kappa shape index (κ2) is 10.4. The highest BCUT2D eigenvalue weighted by atomic mass is 19.1. The predicted molar refractivity (Wildman–Crippen MR) is 130 cm³/mol. The zero-order valence-corrected chi connectivity index (χ0v) is 18.5. The van der Waals surface area contributed by atoms with E-state index in [0.717, 1.165) is 37.7 Å². The number of phenolic OH excluding ortho intramolecular Hbond substituents is 1. The summed E-state index contributed by atoms with van der Waals surface area (Å²) in [6.45, 7) is 2.02. The molecule has 1 heterocycles. The summed E-state index contributed by atoms with van der Waals surface area (Å²) in [6.07, 6.45) is 7.45. The number of fused-ring (bicyclic) bond motifs is 1. The van der Waals surface area contributed by atoms with Gasteiger partial charge >= 0.3 is 0 Å². The smallest absolute Gasteiger partial charge is 0.123 e. The molecular weight excluding hydrogens is 397 g/mol. The normalized spacial score (nSPS) is 18.1. The van der Waals surface area contributed by atoms with Crippen molar-refractivity contribution in [2.75, 3.05) is 0 Å². The van der Waals surface area contributed by atoms with Gasteiger partial charge in [-0.3, -0.25) is 4.98 Å². The first-order valence-corrected chi connectivity index (χ1v) is 11.5. The van der Waals surface area contributed by atoms with Crippen molar-refractivity contribution in [1.29, 1.82) is 0 Å². The lowest BCUT2D eigenvalue weighted by Gasteiger charge is -2.29. The van der Waals surface area contributed by atoms with E-state index in [1.807, 2.05) is 43.5 Å². The van der Waals surface area contributed by atoms with E-state index in [4.69, 9.17) is 10.1 Å². The van der Waals surface area contributed by atoms with Crippen LogP contribution >= 0.6 is 0 Å². The minimum Gasteiger partial charge on any atom is -0.508 e. The van der Waals surface area contributed by atoms with E-state index >= 15 is 0 Å². The number of aromatic hydroxyl groups is 1. The number of phenols is 1. The highest BCUT2D eigenvalue weighted by Gasteiger charge is 2.25. The number of rotatable bonds is 3. The van der Waals surface area contributed by atoms with E-state index in [9.17, 15) is 4.39 Å². The summed E-state index contributed by atoms with van der Waals surface area (Å²) in [5.41, 5.74) is 3.54. The third-order valence-electron chi connectivity index (χ3n) is 6.53. The van der Waals surface area contributed by atoms with Gasteiger partial charge in [0.2, 0.25) is 0 Å². The number of aromatic nitrogens is 1. The van der Waals surface area contributed by atoms with Crippen molar-refractivity contribution in [2.24, 2.45) is 0 Å². The lowest BCUT2D eigenvalue weighted by molar-refractivity contribution is 0.393. The SMILES string of the molecule is CCc1ccccc1O.Fc1ccc(C2CCC(c3nccc4ccccc34)CC2)cc1. The van der Waals surface area contributed by atoms with Crippen molar-refractivity contribution in [3.63, 3.8) is 0 Å². The van der Waals surface area contributed by atoms with Crippen molar-refractivity contribution >= 4 is 10.8 Å². The van der Waals surface area contributed by atoms with Crippen LogP contribution in [0.5, 0.6) is 5.75 Å². The lowest BCUT2D eigenvalue weighted by atomic mass is 9.77. The standard InChI is InChI=1S/C21H20FN.C8H10O/c22-19-11-9-16(10-12-19)15-5-7-18(8-6-15)21-20-4-2-1-3-17(20)13-14-23-21;1-2-7-5-3-4-6-8(7)9/h1-4,9-15,18H,5-8H2;3-6,9H,2H2,1H3. The van der Waals surface area contributed by atoms with E-state index in [0.29, 0.717) is 17.6 Å². The highest BCUT2D eigenvalue weighted by molar-refractivity contribution is 5.84. The summed E-state index contributed by atoms with van der Waals surface area (Å²) in [4.78, 5) is 4.69. The summed E-state index contributed by atoms with van der Waals surface area (Å²) >= 11 is 0. The van der Waals surface area contributed by atoms with Crippen LogP contribution in [-0.2, 0) is 6.42 Å². The third kappa shape index (κ3) is 5.16. The summed E-state index contributed by atoms with van der Waals surface area (Å²) in [5.74, 6) is 1.35. The van der Waals surface area contributed by atoms with E-state index in [2.05, 4.69) is 30.3 Å². The Kier molecular flexibility index (Phi) is 7.16. The van der Waals surface area contributed by atoms with Gasteiger partial charge < -0.3 is 5.11 Å². The molecule has 0 bridgehead atoms. The second-order valence-corrected chi connectivity index (χ2v) is 8.50. The monoisotopic (exact) mass is 427 g/mol. The van der Waals surface area contributed by atoms with Crippen LogP contribution in [0.4, 0.5) is 4.39 Å². The average Bonchev–Trinajstić information content (AvgIpc) is 2.85. The number of pyridine rings is 1. The van der Waals surface area contributed by atoms with E-state index < -0.39 is 0 Å². The minimum absolute atomic E-state index is 0.151.